The lowest BCUT2D eigenvalue weighted by Crippen LogP contribution is -2.39. The molecule has 0 saturated carbocycles. The van der Waals surface area contributed by atoms with Crippen molar-refractivity contribution in [2.75, 3.05) is 0 Å². The van der Waals surface area contributed by atoms with Gasteiger partial charge in [0.2, 0.25) is 0 Å². The summed E-state index contributed by atoms with van der Waals surface area (Å²) in [4.78, 5) is 29.1. The summed E-state index contributed by atoms with van der Waals surface area (Å²) in [5.74, 6) is 0. The number of benzene rings is 2. The fourth-order valence-corrected chi connectivity index (χ4v) is 5.62. The molecule has 1 aliphatic rings. The first-order chi connectivity index (χ1) is 15.3. The van der Waals surface area contributed by atoms with Crippen LogP contribution in [0.1, 0.15) is 29.9 Å². The number of fused-ring (bicyclic) bond motifs is 3. The molecule has 0 aliphatic carbocycles. The topological polar surface area (TPSA) is 53.2 Å². The highest BCUT2D eigenvalue weighted by Gasteiger charge is 2.32. The van der Waals surface area contributed by atoms with Gasteiger partial charge in [-0.15, -0.1) is 11.3 Å². The van der Waals surface area contributed by atoms with Gasteiger partial charge in [-0.3, -0.25) is 9.36 Å². The van der Waals surface area contributed by atoms with E-state index >= 15 is 0 Å². The second-order valence-corrected chi connectivity index (χ2v) is 10.2. The Morgan fingerprint density at radius 1 is 1.06 bits per heavy atom. The van der Waals surface area contributed by atoms with Crippen LogP contribution in [0.15, 0.2) is 64.2 Å². The number of halogens is 1. The number of nitrogens with zero attached hydrogens (tertiary/aromatic N) is 2. The monoisotopic (exact) mass is 466 g/mol. The second kappa shape index (κ2) is 8.03. The van der Waals surface area contributed by atoms with Gasteiger partial charge in [0, 0.05) is 22.9 Å². The van der Waals surface area contributed by atoms with Crippen molar-refractivity contribution in [3.05, 3.63) is 96.5 Å². The number of ether oxygens (including phenoxy) is 1. The van der Waals surface area contributed by atoms with Crippen LogP contribution in [-0.4, -0.2) is 14.7 Å². The number of hydrogen-bond acceptors (Lipinski definition) is 4. The molecule has 0 fully saturated rings. The van der Waals surface area contributed by atoms with Crippen LogP contribution in [0.2, 0.25) is 5.02 Å². The fourth-order valence-electron chi connectivity index (χ4n) is 4.26. The molecular formula is C25H23ClN2O3S. The van der Waals surface area contributed by atoms with Crippen LogP contribution >= 0.6 is 22.9 Å². The Morgan fingerprint density at radius 3 is 2.50 bits per heavy atom. The minimum absolute atomic E-state index is 0.279. The molecule has 0 saturated heterocycles. The molecule has 3 heterocycles. The number of thiophene rings is 1. The molecular weight excluding hydrogens is 444 g/mol. The Hall–Kier alpha value is -2.67. The highest BCUT2D eigenvalue weighted by Crippen LogP contribution is 2.37. The van der Waals surface area contributed by atoms with Gasteiger partial charge in [0.25, 0.3) is 5.56 Å². The fraction of sp³-hybridized carbons (Fsp3) is 0.280. The SMILES string of the molecule is CC1(C)Cc2c(sc3c2c(=O)n(-c2ccc(Cl)cc2)c(=O)n3CCc2ccccc2)CO1. The van der Waals surface area contributed by atoms with Crippen molar-refractivity contribution in [2.45, 2.75) is 45.4 Å². The maximum Gasteiger partial charge on any atom is 0.336 e. The van der Waals surface area contributed by atoms with Gasteiger partial charge in [-0.1, -0.05) is 41.9 Å². The molecule has 0 N–H and O–H groups in total. The Balaban J connectivity index is 1.75. The highest BCUT2D eigenvalue weighted by molar-refractivity contribution is 7.18. The molecule has 0 bridgehead atoms. The van der Waals surface area contributed by atoms with Gasteiger partial charge in [-0.05, 0) is 55.7 Å². The van der Waals surface area contributed by atoms with Crippen LogP contribution in [-0.2, 0) is 30.7 Å². The first-order valence-corrected chi connectivity index (χ1v) is 11.8. The van der Waals surface area contributed by atoms with Gasteiger partial charge >= 0.3 is 5.69 Å². The van der Waals surface area contributed by atoms with Crippen molar-refractivity contribution in [3.8, 4) is 5.69 Å². The summed E-state index contributed by atoms with van der Waals surface area (Å²) in [6, 6.07) is 16.9. The summed E-state index contributed by atoms with van der Waals surface area (Å²) in [6.07, 6.45) is 1.33. The van der Waals surface area contributed by atoms with Gasteiger partial charge in [0.05, 0.1) is 23.3 Å². The van der Waals surface area contributed by atoms with E-state index in [1.165, 1.54) is 15.9 Å². The van der Waals surface area contributed by atoms with E-state index in [-0.39, 0.29) is 16.9 Å². The molecule has 4 aromatic rings. The first kappa shape index (κ1) is 21.2. The van der Waals surface area contributed by atoms with Crippen molar-refractivity contribution < 1.29 is 4.74 Å². The zero-order chi connectivity index (χ0) is 22.5. The molecule has 164 valence electrons. The lowest BCUT2D eigenvalue weighted by Gasteiger charge is -2.29. The first-order valence-electron chi connectivity index (χ1n) is 10.6. The number of hydrogen-bond donors (Lipinski definition) is 0. The molecule has 2 aromatic carbocycles. The molecule has 0 atom stereocenters. The normalized spacial score (nSPS) is 15.1. The summed E-state index contributed by atoms with van der Waals surface area (Å²) in [6.45, 7) is 5.00. The Kier molecular flexibility index (Phi) is 5.32. The molecule has 7 heteroatoms. The zero-order valence-corrected chi connectivity index (χ0v) is 19.5. The molecule has 2 aromatic heterocycles. The number of rotatable bonds is 4. The molecule has 5 rings (SSSR count). The quantitative estimate of drug-likeness (QED) is 0.427. The standard InChI is InChI=1S/C25H23ClN2O3S/c1-25(2)14-19-20(15-31-25)32-23-21(19)22(29)28(18-10-8-17(26)9-11-18)24(30)27(23)13-12-16-6-4-3-5-7-16/h3-11H,12-15H2,1-2H3. The summed E-state index contributed by atoms with van der Waals surface area (Å²) in [7, 11) is 0. The van der Waals surface area contributed by atoms with Gasteiger partial charge < -0.3 is 4.74 Å². The van der Waals surface area contributed by atoms with Gasteiger partial charge in [0.15, 0.2) is 0 Å². The van der Waals surface area contributed by atoms with E-state index in [9.17, 15) is 9.59 Å². The largest absolute Gasteiger partial charge is 0.370 e. The number of aryl methyl sites for hydroxylation is 2. The summed E-state index contributed by atoms with van der Waals surface area (Å²) in [5, 5.41) is 1.18. The van der Waals surface area contributed by atoms with Crippen LogP contribution in [0.4, 0.5) is 0 Å². The third kappa shape index (κ3) is 3.72. The van der Waals surface area contributed by atoms with E-state index in [1.54, 1.807) is 28.8 Å². The minimum atomic E-state index is -0.358. The third-order valence-electron chi connectivity index (χ3n) is 5.90. The third-order valence-corrected chi connectivity index (χ3v) is 7.39. The average Bonchev–Trinajstić information content (AvgIpc) is 3.13. The van der Waals surface area contributed by atoms with E-state index in [4.69, 9.17) is 16.3 Å². The maximum absolute atomic E-state index is 13.7. The van der Waals surface area contributed by atoms with Crippen molar-refractivity contribution >= 4 is 33.2 Å². The van der Waals surface area contributed by atoms with E-state index in [0.29, 0.717) is 42.1 Å². The van der Waals surface area contributed by atoms with Crippen LogP contribution < -0.4 is 11.2 Å². The zero-order valence-electron chi connectivity index (χ0n) is 17.9. The van der Waals surface area contributed by atoms with Crippen molar-refractivity contribution in [1.82, 2.24) is 9.13 Å². The second-order valence-electron chi connectivity index (χ2n) is 8.70. The van der Waals surface area contributed by atoms with Gasteiger partial charge in [-0.25, -0.2) is 9.36 Å². The Bertz CT molecular complexity index is 1420. The van der Waals surface area contributed by atoms with Gasteiger partial charge in [-0.2, -0.15) is 0 Å². The lowest BCUT2D eigenvalue weighted by molar-refractivity contribution is -0.0379. The molecule has 0 unspecified atom stereocenters. The Labute approximate surface area is 194 Å². The van der Waals surface area contributed by atoms with Crippen molar-refractivity contribution in [1.29, 1.82) is 0 Å². The van der Waals surface area contributed by atoms with Crippen LogP contribution in [0.3, 0.4) is 0 Å². The maximum atomic E-state index is 13.7. The molecule has 0 spiro atoms. The molecule has 5 nitrogen and oxygen atoms in total. The van der Waals surface area contributed by atoms with Crippen molar-refractivity contribution in [2.24, 2.45) is 0 Å². The van der Waals surface area contributed by atoms with E-state index < -0.39 is 0 Å². The van der Waals surface area contributed by atoms with E-state index in [0.717, 1.165) is 20.8 Å². The van der Waals surface area contributed by atoms with Crippen LogP contribution in [0, 0.1) is 0 Å². The summed E-state index contributed by atoms with van der Waals surface area (Å²) >= 11 is 7.55. The lowest BCUT2D eigenvalue weighted by atomic mass is 9.94. The molecule has 32 heavy (non-hydrogen) atoms. The van der Waals surface area contributed by atoms with Crippen LogP contribution in [0.25, 0.3) is 15.9 Å². The smallest absolute Gasteiger partial charge is 0.336 e. The molecule has 1 aliphatic heterocycles. The predicted molar refractivity (Wildman–Crippen MR) is 129 cm³/mol. The average molecular weight is 467 g/mol. The van der Waals surface area contributed by atoms with E-state index in [1.807, 2.05) is 44.2 Å². The minimum Gasteiger partial charge on any atom is -0.370 e. The van der Waals surface area contributed by atoms with Gasteiger partial charge in [0.1, 0.15) is 4.83 Å². The molecule has 0 radical (unpaired) electrons. The Morgan fingerprint density at radius 2 is 1.78 bits per heavy atom. The summed E-state index contributed by atoms with van der Waals surface area (Å²) < 4.78 is 9.01. The highest BCUT2D eigenvalue weighted by atomic mass is 35.5. The van der Waals surface area contributed by atoms with E-state index in [2.05, 4.69) is 0 Å². The summed E-state index contributed by atoms with van der Waals surface area (Å²) in [5.41, 5.74) is 1.69. The van der Waals surface area contributed by atoms with Crippen LogP contribution in [0.5, 0.6) is 0 Å². The number of aromatic nitrogens is 2. The van der Waals surface area contributed by atoms with Crippen molar-refractivity contribution in [3.63, 3.8) is 0 Å². The predicted octanol–water partition coefficient (Wildman–Crippen LogP) is 4.96. The molecule has 0 amide bonds.